The Labute approximate surface area is 149 Å². The zero-order chi connectivity index (χ0) is 17.5. The number of aliphatic hydroxyl groups is 1. The van der Waals surface area contributed by atoms with Crippen LogP contribution in [0.3, 0.4) is 0 Å². The molecule has 25 heavy (non-hydrogen) atoms. The molecular formula is C20H29N3O2. The molecule has 0 aliphatic heterocycles. The molecule has 1 amide bonds. The van der Waals surface area contributed by atoms with E-state index in [0.29, 0.717) is 25.4 Å². The minimum Gasteiger partial charge on any atom is -0.390 e. The van der Waals surface area contributed by atoms with Crippen LogP contribution in [0.1, 0.15) is 51.9 Å². The zero-order valence-corrected chi connectivity index (χ0v) is 15.1. The summed E-state index contributed by atoms with van der Waals surface area (Å²) in [6.45, 7) is 3.50. The highest BCUT2D eigenvalue weighted by molar-refractivity contribution is 5.83. The molecule has 0 radical (unpaired) electrons. The Morgan fingerprint density at radius 3 is 2.88 bits per heavy atom. The molecule has 0 unspecified atom stereocenters. The molecule has 1 aromatic rings. The molecule has 5 heteroatoms. The Bertz CT molecular complexity index is 652. The summed E-state index contributed by atoms with van der Waals surface area (Å²) in [6.07, 6.45) is 10.1. The first kappa shape index (κ1) is 16.8. The Morgan fingerprint density at radius 2 is 2.16 bits per heavy atom. The van der Waals surface area contributed by atoms with Gasteiger partial charge in [0, 0.05) is 25.5 Å². The number of anilines is 1. The second-order valence-electron chi connectivity index (χ2n) is 8.79. The quantitative estimate of drug-likeness (QED) is 0.694. The molecule has 0 spiro atoms. The lowest BCUT2D eigenvalue weighted by atomic mass is 9.42. The Kier molecular flexibility index (Phi) is 4.02. The largest absolute Gasteiger partial charge is 0.390 e. The maximum Gasteiger partial charge on any atom is 0.226 e. The fourth-order valence-electron chi connectivity index (χ4n) is 6.27. The molecule has 1 aromatic heterocycles. The lowest BCUT2D eigenvalue weighted by Crippen LogP contribution is -2.63. The number of amides is 1. The maximum atomic E-state index is 13.0. The van der Waals surface area contributed by atoms with Crippen molar-refractivity contribution in [1.82, 2.24) is 10.3 Å². The van der Waals surface area contributed by atoms with Crippen molar-refractivity contribution in [3.8, 4) is 0 Å². The van der Waals surface area contributed by atoms with Gasteiger partial charge in [0.15, 0.2) is 0 Å². The van der Waals surface area contributed by atoms with E-state index in [0.717, 1.165) is 37.8 Å². The minimum atomic E-state index is -0.610. The average molecular weight is 343 g/mol. The molecule has 5 nitrogen and oxygen atoms in total. The van der Waals surface area contributed by atoms with Gasteiger partial charge < -0.3 is 15.7 Å². The number of pyridine rings is 1. The molecule has 4 atom stereocenters. The Balaban J connectivity index is 1.38. The first-order valence-electron chi connectivity index (χ1n) is 9.61. The molecule has 4 bridgehead atoms. The normalized spacial score (nSPS) is 38.6. The first-order chi connectivity index (χ1) is 12.0. The lowest BCUT2D eigenvalue weighted by Gasteiger charge is -2.64. The van der Waals surface area contributed by atoms with Crippen molar-refractivity contribution in [2.45, 2.75) is 57.5 Å². The Morgan fingerprint density at radius 1 is 1.28 bits per heavy atom. The molecule has 5 rings (SSSR count). The number of nitrogens with zero attached hydrogens (tertiary/aromatic N) is 1. The predicted octanol–water partition coefficient (Wildman–Crippen LogP) is 2.72. The second-order valence-corrected chi connectivity index (χ2v) is 8.79. The van der Waals surface area contributed by atoms with Crippen molar-refractivity contribution in [2.75, 3.05) is 18.4 Å². The van der Waals surface area contributed by atoms with Crippen molar-refractivity contribution in [3.63, 3.8) is 0 Å². The van der Waals surface area contributed by atoms with Gasteiger partial charge in [0.1, 0.15) is 0 Å². The number of carbonyl (C=O) groups is 1. The Hall–Kier alpha value is -1.62. The maximum absolute atomic E-state index is 13.0. The van der Waals surface area contributed by atoms with E-state index in [1.165, 1.54) is 6.42 Å². The van der Waals surface area contributed by atoms with Gasteiger partial charge >= 0.3 is 0 Å². The van der Waals surface area contributed by atoms with Crippen molar-refractivity contribution in [1.29, 1.82) is 0 Å². The van der Waals surface area contributed by atoms with Crippen LogP contribution in [-0.4, -0.2) is 34.7 Å². The van der Waals surface area contributed by atoms with Gasteiger partial charge in [-0.15, -0.1) is 0 Å². The number of hydrogen-bond acceptors (Lipinski definition) is 4. The summed E-state index contributed by atoms with van der Waals surface area (Å²) >= 11 is 0. The molecule has 3 N–H and O–H groups in total. The van der Waals surface area contributed by atoms with Crippen LogP contribution < -0.4 is 10.6 Å². The standard InChI is InChI=1S/C20H29N3O2/c1-2-18-8-15-9-19(12-18,14-20(25,10-15)13-18)17(24)23-7-6-22-16-4-3-5-21-11-16/h3-5,11,15,22,25H,2,6-10,12-14H2,1H3,(H,23,24)/t15-,18-,19-,20-/m1/s1. The topological polar surface area (TPSA) is 74.2 Å². The summed E-state index contributed by atoms with van der Waals surface area (Å²) in [5.74, 6) is 0.668. The summed E-state index contributed by atoms with van der Waals surface area (Å²) in [7, 11) is 0. The number of aromatic nitrogens is 1. The van der Waals surface area contributed by atoms with Crippen LogP contribution in [0.4, 0.5) is 5.69 Å². The summed E-state index contributed by atoms with van der Waals surface area (Å²) < 4.78 is 0. The molecule has 4 aliphatic rings. The van der Waals surface area contributed by atoms with Crippen molar-refractivity contribution in [2.24, 2.45) is 16.7 Å². The van der Waals surface area contributed by atoms with Crippen LogP contribution in [-0.2, 0) is 4.79 Å². The van der Waals surface area contributed by atoms with E-state index in [1.54, 1.807) is 12.4 Å². The molecular weight excluding hydrogens is 314 g/mol. The van der Waals surface area contributed by atoms with E-state index in [1.807, 2.05) is 12.1 Å². The smallest absolute Gasteiger partial charge is 0.226 e. The van der Waals surface area contributed by atoms with E-state index < -0.39 is 5.60 Å². The molecule has 0 aromatic carbocycles. The van der Waals surface area contributed by atoms with Crippen molar-refractivity contribution >= 4 is 11.6 Å². The summed E-state index contributed by atoms with van der Waals surface area (Å²) in [5, 5.41) is 17.4. The lowest BCUT2D eigenvalue weighted by molar-refractivity contribution is -0.204. The third-order valence-electron chi connectivity index (χ3n) is 6.79. The highest BCUT2D eigenvalue weighted by atomic mass is 16.3. The summed E-state index contributed by atoms with van der Waals surface area (Å²) in [4.78, 5) is 17.1. The van der Waals surface area contributed by atoms with Gasteiger partial charge in [0.05, 0.1) is 16.7 Å². The van der Waals surface area contributed by atoms with E-state index in [-0.39, 0.29) is 16.7 Å². The van der Waals surface area contributed by atoms with Crippen molar-refractivity contribution in [3.05, 3.63) is 24.5 Å². The number of nitrogens with one attached hydrogen (secondary N) is 2. The summed E-state index contributed by atoms with van der Waals surface area (Å²) in [6, 6.07) is 3.86. The first-order valence-corrected chi connectivity index (χ1v) is 9.61. The SMILES string of the molecule is CC[C@]12C[C@H]3C[C@@](O)(C1)C[C@@](C(=O)NCCNc1cccnc1)(C3)C2. The molecule has 4 saturated carbocycles. The molecule has 0 saturated heterocycles. The van der Waals surface area contributed by atoms with Gasteiger partial charge in [0.2, 0.25) is 5.91 Å². The van der Waals surface area contributed by atoms with Crippen molar-refractivity contribution < 1.29 is 9.90 Å². The van der Waals surface area contributed by atoms with Gasteiger partial charge in [-0.1, -0.05) is 13.3 Å². The number of rotatable bonds is 6. The second kappa shape index (κ2) is 5.97. The van der Waals surface area contributed by atoms with Crippen LogP contribution in [0.5, 0.6) is 0 Å². The monoisotopic (exact) mass is 343 g/mol. The van der Waals surface area contributed by atoms with Gasteiger partial charge in [0.25, 0.3) is 0 Å². The number of carbonyl (C=O) groups excluding carboxylic acids is 1. The average Bonchev–Trinajstić information content (AvgIpc) is 2.57. The fourth-order valence-corrected chi connectivity index (χ4v) is 6.27. The third-order valence-corrected chi connectivity index (χ3v) is 6.79. The van der Waals surface area contributed by atoms with Gasteiger partial charge in [-0.3, -0.25) is 9.78 Å². The third kappa shape index (κ3) is 3.03. The van der Waals surface area contributed by atoms with Crippen LogP contribution in [0.2, 0.25) is 0 Å². The molecule has 1 heterocycles. The van der Waals surface area contributed by atoms with Crippen LogP contribution in [0.15, 0.2) is 24.5 Å². The van der Waals surface area contributed by atoms with Gasteiger partial charge in [-0.05, 0) is 62.0 Å². The van der Waals surface area contributed by atoms with E-state index >= 15 is 0 Å². The van der Waals surface area contributed by atoms with Crippen LogP contribution in [0.25, 0.3) is 0 Å². The van der Waals surface area contributed by atoms with Gasteiger partial charge in [-0.2, -0.15) is 0 Å². The minimum absolute atomic E-state index is 0.154. The van der Waals surface area contributed by atoms with E-state index in [2.05, 4.69) is 22.5 Å². The predicted molar refractivity (Wildman–Crippen MR) is 97.0 cm³/mol. The fraction of sp³-hybridized carbons (Fsp3) is 0.700. The highest BCUT2D eigenvalue weighted by Gasteiger charge is 2.64. The molecule has 4 aliphatic carbocycles. The van der Waals surface area contributed by atoms with Gasteiger partial charge in [-0.25, -0.2) is 0 Å². The van der Waals surface area contributed by atoms with E-state index in [4.69, 9.17) is 0 Å². The highest BCUT2D eigenvalue weighted by Crippen LogP contribution is 2.67. The molecule has 136 valence electrons. The van der Waals surface area contributed by atoms with E-state index in [9.17, 15) is 9.90 Å². The summed E-state index contributed by atoms with van der Waals surface area (Å²) in [5.41, 5.74) is 0.185. The number of hydrogen-bond donors (Lipinski definition) is 3. The zero-order valence-electron chi connectivity index (χ0n) is 15.1. The van der Waals surface area contributed by atoms with Crippen LogP contribution in [0, 0.1) is 16.7 Å². The molecule has 4 fully saturated rings. The van der Waals surface area contributed by atoms with Crippen LogP contribution >= 0.6 is 0 Å².